The van der Waals surface area contributed by atoms with Gasteiger partial charge < -0.3 is 19.9 Å². The van der Waals surface area contributed by atoms with E-state index in [0.717, 1.165) is 43.2 Å². The summed E-state index contributed by atoms with van der Waals surface area (Å²) in [4.78, 5) is 16.3. The quantitative estimate of drug-likeness (QED) is 0.768. The molecule has 1 fully saturated rings. The number of anilines is 1. The Morgan fingerprint density at radius 1 is 1.14 bits per heavy atom. The monoisotopic (exact) mass is 382 g/mol. The molecule has 1 heterocycles. The van der Waals surface area contributed by atoms with Gasteiger partial charge in [-0.2, -0.15) is 0 Å². The molecule has 1 aliphatic rings. The Balaban J connectivity index is 1.51. The second-order valence-corrected chi connectivity index (χ2v) is 7.47. The first-order valence-corrected chi connectivity index (χ1v) is 10.2. The summed E-state index contributed by atoms with van der Waals surface area (Å²) in [5.74, 6) is 1.07. The lowest BCUT2D eigenvalue weighted by atomic mass is 10.1. The number of ether oxygens (including phenoxy) is 1. The summed E-state index contributed by atoms with van der Waals surface area (Å²) in [6.45, 7) is 11.1. The van der Waals surface area contributed by atoms with Gasteiger partial charge in [0.15, 0.2) is 6.04 Å². The van der Waals surface area contributed by atoms with Crippen molar-refractivity contribution in [3.05, 3.63) is 59.7 Å². The van der Waals surface area contributed by atoms with Crippen molar-refractivity contribution in [1.29, 1.82) is 0 Å². The predicted octanol–water partition coefficient (Wildman–Crippen LogP) is 1.80. The van der Waals surface area contributed by atoms with Crippen molar-refractivity contribution < 1.29 is 14.4 Å². The highest BCUT2D eigenvalue weighted by molar-refractivity contribution is 5.79. The molecular weight excluding hydrogens is 350 g/mol. The fraction of sp³-hybridized carbons (Fsp3) is 0.435. The Bertz CT molecular complexity index is 768. The molecule has 0 aromatic heterocycles. The minimum Gasteiger partial charge on any atom is -0.492 e. The van der Waals surface area contributed by atoms with Crippen LogP contribution in [0.5, 0.6) is 5.75 Å². The third-order valence-electron chi connectivity index (χ3n) is 5.50. The second kappa shape index (κ2) is 9.60. The Morgan fingerprint density at radius 2 is 1.82 bits per heavy atom. The van der Waals surface area contributed by atoms with Gasteiger partial charge in [0.25, 0.3) is 5.91 Å². The van der Waals surface area contributed by atoms with Gasteiger partial charge in [-0.15, -0.1) is 0 Å². The van der Waals surface area contributed by atoms with Gasteiger partial charge in [0.05, 0.1) is 38.5 Å². The van der Waals surface area contributed by atoms with Gasteiger partial charge in [0.1, 0.15) is 5.75 Å². The van der Waals surface area contributed by atoms with Gasteiger partial charge in [-0.05, 0) is 38.5 Å². The predicted molar refractivity (Wildman–Crippen MR) is 113 cm³/mol. The van der Waals surface area contributed by atoms with Gasteiger partial charge in [0.2, 0.25) is 0 Å². The SMILES string of the molecule is CCOc1ccccc1N1CC[NH+]([C@@H](C)C(=O)NCc2ccc(C)cc2)CC1. The molecule has 0 unspecified atom stereocenters. The van der Waals surface area contributed by atoms with E-state index in [9.17, 15) is 4.79 Å². The first-order chi connectivity index (χ1) is 13.6. The minimum atomic E-state index is -0.0465. The first kappa shape index (κ1) is 20.2. The smallest absolute Gasteiger partial charge is 0.278 e. The zero-order valence-electron chi connectivity index (χ0n) is 17.2. The van der Waals surface area contributed by atoms with E-state index in [1.165, 1.54) is 10.5 Å². The molecule has 5 heteroatoms. The lowest BCUT2D eigenvalue weighted by molar-refractivity contribution is -0.914. The number of nitrogens with zero attached hydrogens (tertiary/aromatic N) is 1. The fourth-order valence-electron chi connectivity index (χ4n) is 3.70. The van der Waals surface area contributed by atoms with Crippen LogP contribution >= 0.6 is 0 Å². The fourth-order valence-corrected chi connectivity index (χ4v) is 3.70. The standard InChI is InChI=1S/C23H31N3O2/c1-4-28-22-8-6-5-7-21(22)26-15-13-25(14-16-26)19(3)23(27)24-17-20-11-9-18(2)10-12-20/h5-12,19H,4,13-17H2,1-3H3,(H,24,27)/p+1/t19-/m0/s1. The summed E-state index contributed by atoms with van der Waals surface area (Å²) in [5, 5.41) is 3.09. The van der Waals surface area contributed by atoms with Crippen molar-refractivity contribution in [3.63, 3.8) is 0 Å². The maximum Gasteiger partial charge on any atom is 0.278 e. The van der Waals surface area contributed by atoms with Crippen LogP contribution in [0.25, 0.3) is 0 Å². The number of piperazine rings is 1. The number of hydrogen-bond acceptors (Lipinski definition) is 3. The zero-order chi connectivity index (χ0) is 19.9. The Morgan fingerprint density at radius 3 is 2.50 bits per heavy atom. The average Bonchev–Trinajstić information content (AvgIpc) is 2.73. The Hall–Kier alpha value is -2.53. The van der Waals surface area contributed by atoms with Crippen LogP contribution in [0.2, 0.25) is 0 Å². The molecule has 28 heavy (non-hydrogen) atoms. The number of rotatable bonds is 7. The molecule has 0 radical (unpaired) electrons. The highest BCUT2D eigenvalue weighted by Crippen LogP contribution is 2.27. The number of carbonyl (C=O) groups excluding carboxylic acids is 1. The zero-order valence-corrected chi connectivity index (χ0v) is 17.2. The van der Waals surface area contributed by atoms with Gasteiger partial charge in [-0.1, -0.05) is 42.0 Å². The molecule has 2 N–H and O–H groups in total. The van der Waals surface area contributed by atoms with Crippen LogP contribution in [-0.2, 0) is 11.3 Å². The van der Waals surface area contributed by atoms with Crippen molar-refractivity contribution in [3.8, 4) is 5.75 Å². The van der Waals surface area contributed by atoms with E-state index >= 15 is 0 Å². The molecule has 1 aliphatic heterocycles. The molecule has 2 aromatic rings. The number of amides is 1. The third-order valence-corrected chi connectivity index (χ3v) is 5.50. The van der Waals surface area contributed by atoms with E-state index in [2.05, 4.69) is 53.5 Å². The molecule has 0 spiro atoms. The number of carbonyl (C=O) groups is 1. The molecule has 0 aliphatic carbocycles. The van der Waals surface area contributed by atoms with Gasteiger partial charge in [-0.3, -0.25) is 4.79 Å². The summed E-state index contributed by atoms with van der Waals surface area (Å²) in [6, 6.07) is 16.5. The summed E-state index contributed by atoms with van der Waals surface area (Å²) in [6.07, 6.45) is 0. The lowest BCUT2D eigenvalue weighted by Crippen LogP contribution is -3.19. The first-order valence-electron chi connectivity index (χ1n) is 10.2. The van der Waals surface area contributed by atoms with E-state index in [4.69, 9.17) is 4.74 Å². The molecule has 0 bridgehead atoms. The van der Waals surface area contributed by atoms with Crippen molar-refractivity contribution in [2.24, 2.45) is 0 Å². The number of hydrogen-bond donors (Lipinski definition) is 2. The molecule has 0 saturated carbocycles. The van der Waals surface area contributed by atoms with Crippen LogP contribution in [-0.4, -0.2) is 44.7 Å². The molecular formula is C23H32N3O2+. The van der Waals surface area contributed by atoms with Crippen molar-refractivity contribution in [1.82, 2.24) is 5.32 Å². The molecule has 5 nitrogen and oxygen atoms in total. The number of benzene rings is 2. The minimum absolute atomic E-state index is 0.0465. The van der Waals surface area contributed by atoms with Crippen LogP contribution in [0.4, 0.5) is 5.69 Å². The number of aryl methyl sites for hydroxylation is 1. The van der Waals surface area contributed by atoms with Crippen molar-refractivity contribution >= 4 is 11.6 Å². The maximum absolute atomic E-state index is 12.6. The van der Waals surface area contributed by atoms with E-state index in [1.54, 1.807) is 0 Å². The number of para-hydroxylation sites is 2. The Kier molecular flexibility index (Phi) is 6.93. The molecule has 1 saturated heterocycles. The normalized spacial score (nSPS) is 15.9. The summed E-state index contributed by atoms with van der Waals surface area (Å²) in [7, 11) is 0. The van der Waals surface area contributed by atoms with Crippen LogP contribution in [0, 0.1) is 6.92 Å². The number of nitrogens with one attached hydrogen (secondary N) is 2. The molecule has 3 rings (SSSR count). The summed E-state index contributed by atoms with van der Waals surface area (Å²) < 4.78 is 5.77. The summed E-state index contributed by atoms with van der Waals surface area (Å²) >= 11 is 0. The molecule has 2 aromatic carbocycles. The third kappa shape index (κ3) is 5.04. The van der Waals surface area contributed by atoms with Crippen molar-refractivity contribution in [2.75, 3.05) is 37.7 Å². The van der Waals surface area contributed by atoms with Gasteiger partial charge in [0, 0.05) is 6.54 Å². The number of quaternary nitrogens is 1. The second-order valence-electron chi connectivity index (χ2n) is 7.47. The summed E-state index contributed by atoms with van der Waals surface area (Å²) in [5.41, 5.74) is 3.52. The Labute approximate surface area is 168 Å². The molecule has 150 valence electrons. The topological polar surface area (TPSA) is 46.0 Å². The lowest BCUT2D eigenvalue weighted by Gasteiger charge is -2.36. The van der Waals surface area contributed by atoms with E-state index in [-0.39, 0.29) is 11.9 Å². The van der Waals surface area contributed by atoms with Gasteiger partial charge in [-0.25, -0.2) is 0 Å². The van der Waals surface area contributed by atoms with Gasteiger partial charge >= 0.3 is 0 Å². The average molecular weight is 383 g/mol. The van der Waals surface area contributed by atoms with E-state index in [1.807, 2.05) is 26.0 Å². The van der Waals surface area contributed by atoms with Crippen molar-refractivity contribution in [2.45, 2.75) is 33.4 Å². The highest BCUT2D eigenvalue weighted by Gasteiger charge is 2.29. The largest absolute Gasteiger partial charge is 0.492 e. The van der Waals surface area contributed by atoms with Crippen LogP contribution < -0.4 is 19.9 Å². The van der Waals surface area contributed by atoms with E-state index < -0.39 is 0 Å². The van der Waals surface area contributed by atoms with Crippen LogP contribution in [0.15, 0.2) is 48.5 Å². The van der Waals surface area contributed by atoms with Crippen LogP contribution in [0.1, 0.15) is 25.0 Å². The highest BCUT2D eigenvalue weighted by atomic mass is 16.5. The van der Waals surface area contributed by atoms with E-state index in [0.29, 0.717) is 13.2 Å². The van der Waals surface area contributed by atoms with Crippen LogP contribution in [0.3, 0.4) is 0 Å². The molecule has 1 atom stereocenters. The maximum atomic E-state index is 12.6. The molecule has 1 amide bonds.